The van der Waals surface area contributed by atoms with E-state index in [0.717, 1.165) is 36.8 Å². The molecule has 1 nitrogen and oxygen atoms in total. The van der Waals surface area contributed by atoms with Crippen LogP contribution >= 0.6 is 0 Å². The maximum absolute atomic E-state index is 14.9. The number of Topliss-reactive ketones (excluding diaryl/α,β-unsaturated/α-hetero) is 1. The van der Waals surface area contributed by atoms with Gasteiger partial charge in [0.2, 0.25) is 0 Å². The SMILES string of the molecule is C=CC1(C)CCC/C(=C/Cc2c(F)cc(C(=O)CCC(=C)C)cc2/C=C/C)C1. The lowest BCUT2D eigenvalue weighted by Gasteiger charge is -2.32. The third-order valence-electron chi connectivity index (χ3n) is 5.64. The van der Waals surface area contributed by atoms with E-state index in [1.807, 2.05) is 32.1 Å². The molecule has 2 rings (SSSR count). The van der Waals surface area contributed by atoms with E-state index >= 15 is 0 Å². The van der Waals surface area contributed by atoms with Gasteiger partial charge in [-0.25, -0.2) is 4.39 Å². The van der Waals surface area contributed by atoms with Gasteiger partial charge >= 0.3 is 0 Å². The van der Waals surface area contributed by atoms with Crippen LogP contribution in [0.4, 0.5) is 4.39 Å². The third kappa shape index (κ3) is 5.89. The zero-order valence-corrected chi connectivity index (χ0v) is 17.6. The summed E-state index contributed by atoms with van der Waals surface area (Å²) in [5, 5.41) is 0. The van der Waals surface area contributed by atoms with Crippen LogP contribution in [0, 0.1) is 11.2 Å². The van der Waals surface area contributed by atoms with Crippen molar-refractivity contribution < 1.29 is 9.18 Å². The van der Waals surface area contributed by atoms with Crippen LogP contribution in [-0.4, -0.2) is 5.78 Å². The molecular weight excluding hydrogens is 347 g/mol. The molecule has 28 heavy (non-hydrogen) atoms. The van der Waals surface area contributed by atoms with Gasteiger partial charge in [-0.3, -0.25) is 4.79 Å². The predicted octanol–water partition coefficient (Wildman–Crippen LogP) is 7.63. The fourth-order valence-electron chi connectivity index (χ4n) is 3.84. The van der Waals surface area contributed by atoms with E-state index < -0.39 is 0 Å². The summed E-state index contributed by atoms with van der Waals surface area (Å²) >= 11 is 0. The molecule has 0 spiro atoms. The van der Waals surface area contributed by atoms with Crippen molar-refractivity contribution in [2.75, 3.05) is 0 Å². The highest BCUT2D eigenvalue weighted by Gasteiger charge is 2.25. The van der Waals surface area contributed by atoms with Crippen molar-refractivity contribution in [1.82, 2.24) is 0 Å². The fourth-order valence-corrected chi connectivity index (χ4v) is 3.84. The first kappa shape index (κ1) is 22.1. The number of rotatable bonds is 8. The smallest absolute Gasteiger partial charge is 0.163 e. The van der Waals surface area contributed by atoms with Gasteiger partial charge < -0.3 is 0 Å². The van der Waals surface area contributed by atoms with E-state index in [2.05, 4.69) is 32.2 Å². The number of ketones is 1. The molecule has 1 aromatic carbocycles. The summed E-state index contributed by atoms with van der Waals surface area (Å²) in [4.78, 5) is 12.4. The van der Waals surface area contributed by atoms with Crippen LogP contribution in [0.15, 0.2) is 54.7 Å². The van der Waals surface area contributed by atoms with E-state index in [9.17, 15) is 9.18 Å². The summed E-state index contributed by atoms with van der Waals surface area (Å²) < 4.78 is 14.9. The van der Waals surface area contributed by atoms with Gasteiger partial charge in [0.1, 0.15) is 5.82 Å². The molecule has 1 unspecified atom stereocenters. The Hall–Kier alpha value is -2.22. The van der Waals surface area contributed by atoms with Gasteiger partial charge in [-0.15, -0.1) is 13.2 Å². The lowest BCUT2D eigenvalue weighted by atomic mass is 9.73. The monoisotopic (exact) mass is 380 g/mol. The molecule has 0 radical (unpaired) electrons. The number of halogens is 1. The Morgan fingerprint density at radius 2 is 2.07 bits per heavy atom. The van der Waals surface area contributed by atoms with Gasteiger partial charge in [-0.1, -0.05) is 42.4 Å². The predicted molar refractivity (Wildman–Crippen MR) is 118 cm³/mol. The molecule has 0 aromatic heterocycles. The number of benzene rings is 1. The summed E-state index contributed by atoms with van der Waals surface area (Å²) in [5.41, 5.74) is 4.38. The first-order valence-corrected chi connectivity index (χ1v) is 10.2. The number of allylic oxidation sites excluding steroid dienone is 5. The molecule has 1 saturated carbocycles. The molecule has 0 amide bonds. The van der Waals surface area contributed by atoms with Gasteiger partial charge in [0.15, 0.2) is 5.78 Å². The molecule has 2 heteroatoms. The molecule has 0 heterocycles. The normalized spacial score (nSPS) is 21.2. The molecular formula is C26H33FO. The topological polar surface area (TPSA) is 17.1 Å². The largest absolute Gasteiger partial charge is 0.294 e. The minimum Gasteiger partial charge on any atom is -0.294 e. The number of carbonyl (C=O) groups is 1. The molecule has 1 fully saturated rings. The third-order valence-corrected chi connectivity index (χ3v) is 5.64. The maximum atomic E-state index is 14.9. The fraction of sp³-hybridized carbons (Fsp3) is 0.423. The number of hydrogen-bond donors (Lipinski definition) is 0. The summed E-state index contributed by atoms with van der Waals surface area (Å²) in [6.07, 6.45) is 13.9. The summed E-state index contributed by atoms with van der Waals surface area (Å²) in [7, 11) is 0. The Labute approximate surface area is 169 Å². The van der Waals surface area contributed by atoms with Crippen molar-refractivity contribution in [2.24, 2.45) is 5.41 Å². The van der Waals surface area contributed by atoms with Crippen molar-refractivity contribution in [2.45, 2.75) is 65.7 Å². The van der Waals surface area contributed by atoms with Gasteiger partial charge in [0, 0.05) is 12.0 Å². The summed E-state index contributed by atoms with van der Waals surface area (Å²) in [5.74, 6) is -0.333. The van der Waals surface area contributed by atoms with Crippen LogP contribution in [0.2, 0.25) is 0 Å². The average Bonchev–Trinajstić information content (AvgIpc) is 2.65. The highest BCUT2D eigenvalue weighted by Crippen LogP contribution is 2.39. The highest BCUT2D eigenvalue weighted by atomic mass is 19.1. The van der Waals surface area contributed by atoms with Crippen molar-refractivity contribution in [3.8, 4) is 0 Å². The van der Waals surface area contributed by atoms with E-state index in [1.165, 1.54) is 11.6 Å². The molecule has 0 bridgehead atoms. The second-order valence-electron chi connectivity index (χ2n) is 8.36. The lowest BCUT2D eigenvalue weighted by molar-refractivity contribution is 0.0982. The molecule has 1 aliphatic rings. The molecule has 1 aliphatic carbocycles. The Morgan fingerprint density at radius 1 is 1.32 bits per heavy atom. The Bertz CT molecular complexity index is 812. The first-order valence-electron chi connectivity index (χ1n) is 10.2. The Balaban J connectivity index is 2.26. The van der Waals surface area contributed by atoms with E-state index in [0.29, 0.717) is 30.4 Å². The van der Waals surface area contributed by atoms with Gasteiger partial charge in [0.25, 0.3) is 0 Å². The zero-order valence-electron chi connectivity index (χ0n) is 17.6. The number of carbonyl (C=O) groups excluding carboxylic acids is 1. The molecule has 0 aliphatic heterocycles. The second kappa shape index (κ2) is 9.82. The molecule has 1 atom stereocenters. The molecule has 0 saturated heterocycles. The zero-order chi connectivity index (χ0) is 20.7. The standard InChI is InChI=1S/C26H33FO/c1-6-9-21-16-22(25(28)14-11-19(3)4)17-24(27)23(21)13-12-20-10-8-15-26(5,7-2)18-20/h6-7,9,12,16-17H,2-3,8,10-11,13-15,18H2,1,4-5H3/b9-6+,20-12-. The van der Waals surface area contributed by atoms with Crippen molar-refractivity contribution >= 4 is 11.9 Å². The molecule has 0 N–H and O–H groups in total. The Morgan fingerprint density at radius 3 is 2.71 bits per heavy atom. The van der Waals surface area contributed by atoms with Crippen molar-refractivity contribution in [3.05, 3.63) is 77.2 Å². The van der Waals surface area contributed by atoms with Crippen LogP contribution in [-0.2, 0) is 6.42 Å². The van der Waals surface area contributed by atoms with Crippen LogP contribution in [0.1, 0.15) is 80.8 Å². The molecule has 1 aromatic rings. The first-order chi connectivity index (χ1) is 13.3. The van der Waals surface area contributed by atoms with E-state index in [4.69, 9.17) is 0 Å². The Kier molecular flexibility index (Phi) is 7.74. The highest BCUT2D eigenvalue weighted by molar-refractivity contribution is 5.97. The van der Waals surface area contributed by atoms with Gasteiger partial charge in [0.05, 0.1) is 0 Å². The van der Waals surface area contributed by atoms with Crippen LogP contribution in [0.3, 0.4) is 0 Å². The van der Waals surface area contributed by atoms with Crippen molar-refractivity contribution in [1.29, 1.82) is 0 Å². The van der Waals surface area contributed by atoms with Gasteiger partial charge in [-0.05, 0) is 81.0 Å². The van der Waals surface area contributed by atoms with E-state index in [-0.39, 0.29) is 17.0 Å². The lowest BCUT2D eigenvalue weighted by Crippen LogP contribution is -2.18. The van der Waals surface area contributed by atoms with E-state index in [1.54, 1.807) is 0 Å². The van der Waals surface area contributed by atoms with Crippen LogP contribution in [0.5, 0.6) is 0 Å². The summed E-state index contributed by atoms with van der Waals surface area (Å²) in [6.45, 7) is 13.9. The minimum absolute atomic E-state index is 0.0356. The van der Waals surface area contributed by atoms with Crippen molar-refractivity contribution in [3.63, 3.8) is 0 Å². The quantitative estimate of drug-likeness (QED) is 0.334. The number of hydrogen-bond acceptors (Lipinski definition) is 1. The summed E-state index contributed by atoms with van der Waals surface area (Å²) in [6, 6.07) is 3.22. The van der Waals surface area contributed by atoms with Crippen LogP contribution in [0.25, 0.3) is 6.08 Å². The second-order valence-corrected chi connectivity index (χ2v) is 8.36. The van der Waals surface area contributed by atoms with Crippen LogP contribution < -0.4 is 0 Å². The minimum atomic E-state index is -0.298. The maximum Gasteiger partial charge on any atom is 0.163 e. The average molecular weight is 381 g/mol. The van der Waals surface area contributed by atoms with Gasteiger partial charge in [-0.2, -0.15) is 0 Å². The molecule has 150 valence electrons.